The molecular weight excluding hydrogens is 246 g/mol. The van der Waals surface area contributed by atoms with Crippen LogP contribution >= 0.6 is 0 Å². The van der Waals surface area contributed by atoms with Crippen LogP contribution in [-0.2, 0) is 6.18 Å². The van der Waals surface area contributed by atoms with E-state index in [9.17, 15) is 17.6 Å². The largest absolute Gasteiger partial charge is 0.416 e. The first-order chi connectivity index (χ1) is 8.48. The van der Waals surface area contributed by atoms with Crippen molar-refractivity contribution in [2.75, 3.05) is 13.1 Å². The highest BCUT2D eigenvalue weighted by Gasteiger charge is 2.35. The maximum absolute atomic E-state index is 14.1. The van der Waals surface area contributed by atoms with Crippen molar-refractivity contribution in [2.24, 2.45) is 5.92 Å². The molecule has 18 heavy (non-hydrogen) atoms. The fourth-order valence-corrected chi connectivity index (χ4v) is 2.36. The molecule has 2 atom stereocenters. The lowest BCUT2D eigenvalue weighted by atomic mass is 9.94. The van der Waals surface area contributed by atoms with Gasteiger partial charge in [-0.1, -0.05) is 18.2 Å². The molecule has 1 aliphatic heterocycles. The van der Waals surface area contributed by atoms with Gasteiger partial charge in [-0.15, -0.1) is 0 Å². The zero-order chi connectivity index (χ0) is 13.2. The molecule has 2 rings (SSSR count). The van der Waals surface area contributed by atoms with Gasteiger partial charge >= 0.3 is 6.18 Å². The van der Waals surface area contributed by atoms with Crippen molar-refractivity contribution in [3.8, 4) is 0 Å². The summed E-state index contributed by atoms with van der Waals surface area (Å²) in [6.07, 6.45) is -5.06. The van der Waals surface area contributed by atoms with Gasteiger partial charge in [-0.25, -0.2) is 4.39 Å². The number of hydrogen-bond acceptors (Lipinski definition) is 1. The highest BCUT2D eigenvalue weighted by atomic mass is 19.4. The second-order valence-electron chi connectivity index (χ2n) is 4.65. The Bertz CT molecular complexity index is 396. The summed E-state index contributed by atoms with van der Waals surface area (Å²) in [7, 11) is 0. The molecule has 1 nitrogen and oxygen atoms in total. The van der Waals surface area contributed by atoms with E-state index in [1.807, 2.05) is 0 Å². The molecule has 1 N–H and O–H groups in total. The molecule has 5 heteroatoms. The van der Waals surface area contributed by atoms with Crippen LogP contribution in [0.4, 0.5) is 17.6 Å². The normalized spacial score (nSPS) is 22.1. The summed E-state index contributed by atoms with van der Waals surface area (Å²) in [5.41, 5.74) is -1.10. The van der Waals surface area contributed by atoms with E-state index < -0.39 is 17.9 Å². The summed E-state index contributed by atoms with van der Waals surface area (Å²) in [5, 5.41) is 3.09. The van der Waals surface area contributed by atoms with Crippen LogP contribution in [0.5, 0.6) is 0 Å². The first-order valence-corrected chi connectivity index (χ1v) is 5.99. The fraction of sp³-hybridized carbons (Fsp3) is 0.538. The Kier molecular flexibility index (Phi) is 3.90. The average molecular weight is 261 g/mol. The zero-order valence-corrected chi connectivity index (χ0v) is 9.80. The second kappa shape index (κ2) is 5.26. The van der Waals surface area contributed by atoms with Crippen LogP contribution < -0.4 is 5.32 Å². The smallest absolute Gasteiger partial charge is 0.316 e. The summed E-state index contributed by atoms with van der Waals surface area (Å²) in [4.78, 5) is 0. The lowest BCUT2D eigenvalue weighted by Gasteiger charge is -2.18. The van der Waals surface area contributed by atoms with Crippen LogP contribution in [0.2, 0.25) is 0 Å². The molecule has 0 aromatic heterocycles. The second-order valence-corrected chi connectivity index (χ2v) is 4.65. The van der Waals surface area contributed by atoms with Crippen molar-refractivity contribution >= 4 is 0 Å². The summed E-state index contributed by atoms with van der Waals surface area (Å²) < 4.78 is 52.3. The van der Waals surface area contributed by atoms with Gasteiger partial charge in [-0.2, -0.15) is 13.2 Å². The topological polar surface area (TPSA) is 12.0 Å². The third-order valence-corrected chi connectivity index (χ3v) is 3.31. The van der Waals surface area contributed by atoms with E-state index >= 15 is 0 Å². The van der Waals surface area contributed by atoms with Gasteiger partial charge < -0.3 is 5.32 Å². The van der Waals surface area contributed by atoms with Crippen LogP contribution in [0.25, 0.3) is 0 Å². The number of hydrogen-bond donors (Lipinski definition) is 1. The number of benzene rings is 1. The van der Waals surface area contributed by atoms with Crippen molar-refractivity contribution in [3.63, 3.8) is 0 Å². The van der Waals surface area contributed by atoms with Gasteiger partial charge in [0.1, 0.15) is 6.17 Å². The molecule has 1 aromatic carbocycles. The lowest BCUT2D eigenvalue weighted by molar-refractivity contribution is -0.138. The number of halogens is 4. The Labute approximate surface area is 103 Å². The Balaban J connectivity index is 2.16. The first-order valence-electron chi connectivity index (χ1n) is 5.99. The van der Waals surface area contributed by atoms with Gasteiger partial charge in [-0.3, -0.25) is 0 Å². The SMILES string of the molecule is FC(CC1CCNC1)c1ccccc1C(F)(F)F. The minimum Gasteiger partial charge on any atom is -0.316 e. The van der Waals surface area contributed by atoms with Crippen molar-refractivity contribution in [3.05, 3.63) is 35.4 Å². The molecular formula is C13H15F4N. The van der Waals surface area contributed by atoms with Crippen molar-refractivity contribution in [2.45, 2.75) is 25.2 Å². The minimum atomic E-state index is -4.49. The number of alkyl halides is 4. The standard InChI is InChI=1S/C13H15F4N/c14-12(7-9-5-6-18-8-9)10-3-1-2-4-11(10)13(15,16)17/h1-4,9,12,18H,5-8H2. The lowest BCUT2D eigenvalue weighted by Crippen LogP contribution is -2.14. The van der Waals surface area contributed by atoms with E-state index in [-0.39, 0.29) is 17.9 Å². The van der Waals surface area contributed by atoms with Crippen LogP contribution in [-0.4, -0.2) is 13.1 Å². The summed E-state index contributed by atoms with van der Waals surface area (Å²) in [6.45, 7) is 1.51. The molecule has 0 bridgehead atoms. The van der Waals surface area contributed by atoms with Gasteiger partial charge in [-0.05, 0) is 43.5 Å². The monoisotopic (exact) mass is 261 g/mol. The van der Waals surface area contributed by atoms with Crippen molar-refractivity contribution < 1.29 is 17.6 Å². The number of rotatable bonds is 3. The minimum absolute atomic E-state index is 0.126. The predicted octanol–water partition coefficient (Wildman–Crippen LogP) is 3.72. The van der Waals surface area contributed by atoms with Crippen LogP contribution in [0.1, 0.15) is 30.1 Å². The Morgan fingerprint density at radius 3 is 2.61 bits per heavy atom. The molecule has 1 saturated heterocycles. The first kappa shape index (κ1) is 13.3. The molecule has 0 spiro atoms. The highest BCUT2D eigenvalue weighted by Crippen LogP contribution is 2.38. The van der Waals surface area contributed by atoms with Gasteiger partial charge in [0, 0.05) is 0 Å². The predicted molar refractivity (Wildman–Crippen MR) is 60.9 cm³/mol. The molecule has 1 heterocycles. The van der Waals surface area contributed by atoms with E-state index in [4.69, 9.17) is 0 Å². The number of nitrogens with one attached hydrogen (secondary N) is 1. The third-order valence-electron chi connectivity index (χ3n) is 3.31. The maximum atomic E-state index is 14.1. The van der Waals surface area contributed by atoms with E-state index in [0.29, 0.717) is 6.54 Å². The molecule has 0 aliphatic carbocycles. The van der Waals surface area contributed by atoms with E-state index in [1.165, 1.54) is 18.2 Å². The van der Waals surface area contributed by atoms with Crippen LogP contribution in [0.15, 0.2) is 24.3 Å². The van der Waals surface area contributed by atoms with E-state index in [0.717, 1.165) is 19.0 Å². The van der Waals surface area contributed by atoms with Gasteiger partial charge in [0.2, 0.25) is 0 Å². The van der Waals surface area contributed by atoms with Gasteiger partial charge in [0.25, 0.3) is 0 Å². The summed E-state index contributed by atoms with van der Waals surface area (Å²) in [6, 6.07) is 4.91. The van der Waals surface area contributed by atoms with Crippen LogP contribution in [0.3, 0.4) is 0 Å². The molecule has 0 amide bonds. The maximum Gasteiger partial charge on any atom is 0.416 e. The third kappa shape index (κ3) is 3.02. The highest BCUT2D eigenvalue weighted by molar-refractivity contribution is 5.31. The van der Waals surface area contributed by atoms with Gasteiger partial charge in [0.05, 0.1) is 5.56 Å². The van der Waals surface area contributed by atoms with E-state index in [2.05, 4.69) is 5.32 Å². The Morgan fingerprint density at radius 1 is 1.28 bits per heavy atom. The van der Waals surface area contributed by atoms with E-state index in [1.54, 1.807) is 0 Å². The van der Waals surface area contributed by atoms with Crippen molar-refractivity contribution in [1.82, 2.24) is 5.32 Å². The Hall–Kier alpha value is -1.10. The van der Waals surface area contributed by atoms with Crippen LogP contribution in [0, 0.1) is 5.92 Å². The zero-order valence-electron chi connectivity index (χ0n) is 9.80. The molecule has 100 valence electrons. The molecule has 1 fully saturated rings. The summed E-state index contributed by atoms with van der Waals surface area (Å²) in [5.74, 6) is 0.126. The molecule has 1 aliphatic rings. The molecule has 0 radical (unpaired) electrons. The molecule has 0 saturated carbocycles. The molecule has 2 unspecified atom stereocenters. The average Bonchev–Trinajstić information content (AvgIpc) is 2.80. The molecule has 1 aromatic rings. The quantitative estimate of drug-likeness (QED) is 0.818. The summed E-state index contributed by atoms with van der Waals surface area (Å²) >= 11 is 0. The van der Waals surface area contributed by atoms with Gasteiger partial charge in [0.15, 0.2) is 0 Å². The van der Waals surface area contributed by atoms with Crippen molar-refractivity contribution in [1.29, 1.82) is 0 Å². The fourth-order valence-electron chi connectivity index (χ4n) is 2.36. The Morgan fingerprint density at radius 2 is 2.00 bits per heavy atom.